The van der Waals surface area contributed by atoms with Gasteiger partial charge in [-0.05, 0) is 37.1 Å². The van der Waals surface area contributed by atoms with Gasteiger partial charge in [-0.3, -0.25) is 0 Å². The maximum Gasteiger partial charge on any atom is 0.0504 e. The molecule has 2 rings (SSSR count). The molecule has 0 atom stereocenters. The molecule has 0 radical (unpaired) electrons. The fourth-order valence-electron chi connectivity index (χ4n) is 1.92. The summed E-state index contributed by atoms with van der Waals surface area (Å²) in [6, 6.07) is 8.14. The molecule has 1 fully saturated rings. The van der Waals surface area contributed by atoms with E-state index in [4.69, 9.17) is 0 Å². The van der Waals surface area contributed by atoms with E-state index in [1.54, 1.807) is 0 Å². The van der Waals surface area contributed by atoms with Gasteiger partial charge in [0.1, 0.15) is 0 Å². The Labute approximate surface area is 98.8 Å². The summed E-state index contributed by atoms with van der Waals surface area (Å²) in [5.74, 6) is 0. The van der Waals surface area contributed by atoms with E-state index in [0.717, 1.165) is 29.5 Å². The Kier molecular flexibility index (Phi) is 3.32. The van der Waals surface area contributed by atoms with Gasteiger partial charge in [0.2, 0.25) is 0 Å². The lowest BCUT2D eigenvalue weighted by Gasteiger charge is -2.40. The molecule has 0 saturated heterocycles. The van der Waals surface area contributed by atoms with Crippen LogP contribution in [0.1, 0.15) is 19.3 Å². The molecule has 2 nitrogen and oxygen atoms in total. The summed E-state index contributed by atoms with van der Waals surface area (Å²) in [7, 11) is 0. The van der Waals surface area contributed by atoms with Crippen molar-refractivity contribution >= 4 is 21.6 Å². The van der Waals surface area contributed by atoms with Crippen LogP contribution in [0.5, 0.6) is 0 Å². The molecular formula is C12H16BrNO. The van der Waals surface area contributed by atoms with E-state index in [1.807, 2.05) is 24.3 Å². The first-order chi connectivity index (χ1) is 7.24. The van der Waals surface area contributed by atoms with Crippen LogP contribution in [0.15, 0.2) is 28.7 Å². The zero-order chi connectivity index (χ0) is 10.7. The van der Waals surface area contributed by atoms with Crippen molar-refractivity contribution in [2.24, 2.45) is 5.41 Å². The highest BCUT2D eigenvalue weighted by Crippen LogP contribution is 2.40. The van der Waals surface area contributed by atoms with Gasteiger partial charge in [0.05, 0.1) is 6.61 Å². The molecule has 1 aromatic carbocycles. The summed E-state index contributed by atoms with van der Waals surface area (Å²) in [6.07, 6.45) is 3.54. The molecule has 1 aromatic rings. The predicted molar refractivity (Wildman–Crippen MR) is 66.0 cm³/mol. The van der Waals surface area contributed by atoms with E-state index in [-0.39, 0.29) is 5.41 Å². The third-order valence-corrected chi connectivity index (χ3v) is 3.79. The van der Waals surface area contributed by atoms with Crippen LogP contribution in [0.2, 0.25) is 0 Å². The SMILES string of the molecule is OCC1(CNc2ccc(Br)cc2)CCC1. The van der Waals surface area contributed by atoms with E-state index in [2.05, 4.69) is 21.2 Å². The van der Waals surface area contributed by atoms with Gasteiger partial charge >= 0.3 is 0 Å². The molecule has 15 heavy (non-hydrogen) atoms. The Morgan fingerprint density at radius 3 is 2.40 bits per heavy atom. The quantitative estimate of drug-likeness (QED) is 0.881. The monoisotopic (exact) mass is 269 g/mol. The first kappa shape index (κ1) is 11.0. The van der Waals surface area contributed by atoms with E-state index in [9.17, 15) is 5.11 Å². The molecule has 0 heterocycles. The van der Waals surface area contributed by atoms with Gasteiger partial charge in [-0.2, -0.15) is 0 Å². The second-order valence-electron chi connectivity index (χ2n) is 4.37. The number of rotatable bonds is 4. The molecule has 0 bridgehead atoms. The molecule has 82 valence electrons. The van der Waals surface area contributed by atoms with Crippen LogP contribution in [0.3, 0.4) is 0 Å². The standard InChI is InChI=1S/C12H16BrNO/c13-10-2-4-11(5-3-10)14-8-12(9-15)6-1-7-12/h2-5,14-15H,1,6-9H2. The molecule has 0 amide bonds. The van der Waals surface area contributed by atoms with E-state index >= 15 is 0 Å². The third kappa shape index (κ3) is 2.52. The molecule has 1 aliphatic carbocycles. The highest BCUT2D eigenvalue weighted by molar-refractivity contribution is 9.10. The van der Waals surface area contributed by atoms with Crippen LogP contribution in [-0.2, 0) is 0 Å². The molecule has 1 saturated carbocycles. The van der Waals surface area contributed by atoms with Gasteiger partial charge in [0, 0.05) is 22.1 Å². The van der Waals surface area contributed by atoms with Crippen molar-refractivity contribution < 1.29 is 5.11 Å². The molecular weight excluding hydrogens is 254 g/mol. The Hall–Kier alpha value is -0.540. The van der Waals surface area contributed by atoms with Crippen LogP contribution < -0.4 is 5.32 Å². The average molecular weight is 270 g/mol. The van der Waals surface area contributed by atoms with Crippen molar-refractivity contribution in [3.05, 3.63) is 28.7 Å². The maximum atomic E-state index is 9.31. The predicted octanol–water partition coefficient (Wildman–Crippen LogP) is 3.02. The number of benzene rings is 1. The minimum atomic E-state index is 0.146. The number of hydrogen-bond acceptors (Lipinski definition) is 2. The number of aliphatic hydroxyl groups excluding tert-OH is 1. The maximum absolute atomic E-state index is 9.31. The summed E-state index contributed by atoms with van der Waals surface area (Å²) in [4.78, 5) is 0. The van der Waals surface area contributed by atoms with E-state index in [1.165, 1.54) is 6.42 Å². The van der Waals surface area contributed by atoms with Crippen LogP contribution in [0.25, 0.3) is 0 Å². The number of anilines is 1. The first-order valence-corrected chi connectivity index (χ1v) is 6.14. The summed E-state index contributed by atoms with van der Waals surface area (Å²) in [5, 5.41) is 12.7. The topological polar surface area (TPSA) is 32.3 Å². The summed E-state index contributed by atoms with van der Waals surface area (Å²) < 4.78 is 1.09. The molecule has 0 spiro atoms. The first-order valence-electron chi connectivity index (χ1n) is 5.34. The van der Waals surface area contributed by atoms with E-state index in [0.29, 0.717) is 6.61 Å². The molecule has 3 heteroatoms. The fraction of sp³-hybridized carbons (Fsp3) is 0.500. The van der Waals surface area contributed by atoms with Crippen LogP contribution in [0, 0.1) is 5.41 Å². The number of nitrogens with one attached hydrogen (secondary N) is 1. The lowest BCUT2D eigenvalue weighted by atomic mass is 9.69. The lowest BCUT2D eigenvalue weighted by molar-refractivity contribution is 0.0576. The van der Waals surface area contributed by atoms with E-state index < -0.39 is 0 Å². The minimum Gasteiger partial charge on any atom is -0.396 e. The van der Waals surface area contributed by atoms with Gasteiger partial charge in [0.15, 0.2) is 0 Å². The molecule has 0 unspecified atom stereocenters. The zero-order valence-corrected chi connectivity index (χ0v) is 10.3. The number of halogens is 1. The van der Waals surface area contributed by atoms with Crippen LogP contribution >= 0.6 is 15.9 Å². The highest BCUT2D eigenvalue weighted by Gasteiger charge is 2.35. The third-order valence-electron chi connectivity index (χ3n) is 3.26. The summed E-state index contributed by atoms with van der Waals surface area (Å²) in [5.41, 5.74) is 1.27. The van der Waals surface area contributed by atoms with Gasteiger partial charge in [-0.15, -0.1) is 0 Å². The zero-order valence-electron chi connectivity index (χ0n) is 8.67. The van der Waals surface area contributed by atoms with Crippen molar-refractivity contribution in [1.82, 2.24) is 0 Å². The normalized spacial score (nSPS) is 18.3. The number of hydrogen-bond donors (Lipinski definition) is 2. The van der Waals surface area contributed by atoms with Crippen LogP contribution in [-0.4, -0.2) is 18.3 Å². The molecule has 0 aliphatic heterocycles. The highest BCUT2D eigenvalue weighted by atomic mass is 79.9. The Morgan fingerprint density at radius 2 is 1.93 bits per heavy atom. The second kappa shape index (κ2) is 4.54. The smallest absolute Gasteiger partial charge is 0.0504 e. The number of aliphatic hydroxyl groups is 1. The average Bonchev–Trinajstić information content (AvgIpc) is 2.20. The van der Waals surface area contributed by atoms with Crippen molar-refractivity contribution in [2.45, 2.75) is 19.3 Å². The van der Waals surface area contributed by atoms with Crippen molar-refractivity contribution in [3.63, 3.8) is 0 Å². The van der Waals surface area contributed by atoms with Gasteiger partial charge in [-0.25, -0.2) is 0 Å². The lowest BCUT2D eigenvalue weighted by Crippen LogP contribution is -2.39. The largest absolute Gasteiger partial charge is 0.396 e. The van der Waals surface area contributed by atoms with Crippen molar-refractivity contribution in [1.29, 1.82) is 0 Å². The fourth-order valence-corrected chi connectivity index (χ4v) is 2.19. The molecule has 2 N–H and O–H groups in total. The van der Waals surface area contributed by atoms with Gasteiger partial charge in [0.25, 0.3) is 0 Å². The molecule has 0 aromatic heterocycles. The van der Waals surface area contributed by atoms with Gasteiger partial charge < -0.3 is 10.4 Å². The Morgan fingerprint density at radius 1 is 1.27 bits per heavy atom. The Bertz CT molecular complexity index is 313. The second-order valence-corrected chi connectivity index (χ2v) is 5.29. The summed E-state index contributed by atoms with van der Waals surface area (Å²) >= 11 is 3.41. The Balaban J connectivity index is 1.90. The minimum absolute atomic E-state index is 0.146. The molecule has 1 aliphatic rings. The van der Waals surface area contributed by atoms with Gasteiger partial charge in [-0.1, -0.05) is 22.4 Å². The van der Waals surface area contributed by atoms with Crippen molar-refractivity contribution in [3.8, 4) is 0 Å². The summed E-state index contributed by atoms with van der Waals surface area (Å²) in [6.45, 7) is 1.18. The van der Waals surface area contributed by atoms with Crippen LogP contribution in [0.4, 0.5) is 5.69 Å². The van der Waals surface area contributed by atoms with Crippen molar-refractivity contribution in [2.75, 3.05) is 18.5 Å².